The van der Waals surface area contributed by atoms with Crippen molar-refractivity contribution in [3.63, 3.8) is 0 Å². The Labute approximate surface area is 230 Å². The third-order valence-corrected chi connectivity index (χ3v) is 9.01. The van der Waals surface area contributed by atoms with Crippen LogP contribution in [0.5, 0.6) is 11.5 Å². The van der Waals surface area contributed by atoms with Crippen molar-refractivity contribution < 1.29 is 9.47 Å². The van der Waals surface area contributed by atoms with Gasteiger partial charge in [-0.15, -0.1) is 0 Å². The highest BCUT2D eigenvalue weighted by Crippen LogP contribution is 2.35. The Kier molecular flexibility index (Phi) is 6.82. The van der Waals surface area contributed by atoms with Crippen LogP contribution < -0.4 is 19.3 Å². The molecule has 0 amide bonds. The van der Waals surface area contributed by atoms with Gasteiger partial charge in [-0.05, 0) is 73.4 Å². The molecule has 0 N–H and O–H groups in total. The van der Waals surface area contributed by atoms with E-state index in [2.05, 4.69) is 77.1 Å². The molecule has 0 saturated carbocycles. The van der Waals surface area contributed by atoms with Crippen molar-refractivity contribution in [3.8, 4) is 11.5 Å². The standard InChI is InChI=1S/C29H31N5O2S2/c1-19-5-8-22-26(13-19)37-28(30-22)33-16-32(12-11-21-7-10-24(35-3)25(15-21)36-4)17-34(18-33)29-31-23-9-6-20(2)14-27(23)38-29/h5-10,13-15H,11-12,16-18H2,1-4H3. The SMILES string of the molecule is COc1ccc(CCN2CN(c3nc4ccc(C)cc4s3)CN(c3nc4ccc(C)cc4s3)C2)cc1OC. The maximum atomic E-state index is 5.52. The van der Waals surface area contributed by atoms with Gasteiger partial charge in [0.2, 0.25) is 0 Å². The monoisotopic (exact) mass is 545 g/mol. The predicted molar refractivity (Wildman–Crippen MR) is 158 cm³/mol. The van der Waals surface area contributed by atoms with Crippen LogP contribution in [0.1, 0.15) is 16.7 Å². The average molecular weight is 546 g/mol. The number of nitrogens with zero attached hydrogens (tertiary/aromatic N) is 5. The Hall–Kier alpha value is -3.40. The van der Waals surface area contributed by atoms with E-state index in [9.17, 15) is 0 Å². The highest BCUT2D eigenvalue weighted by Gasteiger charge is 2.27. The lowest BCUT2D eigenvalue weighted by Crippen LogP contribution is -2.55. The lowest BCUT2D eigenvalue weighted by Gasteiger charge is -2.42. The van der Waals surface area contributed by atoms with Crippen LogP contribution in [-0.4, -0.2) is 55.6 Å². The molecule has 38 heavy (non-hydrogen) atoms. The van der Waals surface area contributed by atoms with E-state index in [1.807, 2.05) is 6.07 Å². The molecule has 7 nitrogen and oxygen atoms in total. The van der Waals surface area contributed by atoms with Gasteiger partial charge in [0.05, 0.1) is 54.7 Å². The summed E-state index contributed by atoms with van der Waals surface area (Å²) in [6, 6.07) is 19.1. The van der Waals surface area contributed by atoms with Gasteiger partial charge in [-0.1, -0.05) is 40.9 Å². The Balaban J connectivity index is 1.28. The number of rotatable bonds is 7. The first-order valence-electron chi connectivity index (χ1n) is 12.7. The van der Waals surface area contributed by atoms with Crippen LogP contribution in [0.15, 0.2) is 54.6 Å². The Morgan fingerprint density at radius 2 is 1.29 bits per heavy atom. The molecule has 0 spiro atoms. The molecule has 2 aromatic heterocycles. The summed E-state index contributed by atoms with van der Waals surface area (Å²) in [4.78, 5) is 17.2. The Morgan fingerprint density at radius 1 is 0.711 bits per heavy atom. The van der Waals surface area contributed by atoms with E-state index in [0.717, 1.165) is 65.8 Å². The number of benzene rings is 3. The maximum absolute atomic E-state index is 5.52. The Bertz CT molecular complexity index is 1510. The van der Waals surface area contributed by atoms with E-state index in [1.165, 1.54) is 26.1 Å². The third-order valence-electron chi connectivity index (χ3n) is 6.85. The van der Waals surface area contributed by atoms with Crippen LogP contribution in [0.25, 0.3) is 20.4 Å². The molecule has 0 atom stereocenters. The van der Waals surface area contributed by atoms with Crippen LogP contribution in [0.2, 0.25) is 0 Å². The molecular formula is C29H31N5O2S2. The lowest BCUT2D eigenvalue weighted by molar-refractivity contribution is 0.244. The number of thiazole rings is 2. The summed E-state index contributed by atoms with van der Waals surface area (Å²) < 4.78 is 13.4. The average Bonchev–Trinajstić information content (AvgIpc) is 3.55. The molecule has 6 rings (SSSR count). The molecule has 3 aromatic carbocycles. The summed E-state index contributed by atoms with van der Waals surface area (Å²) >= 11 is 3.52. The molecule has 196 valence electrons. The van der Waals surface area contributed by atoms with E-state index >= 15 is 0 Å². The fourth-order valence-electron chi connectivity index (χ4n) is 4.84. The topological polar surface area (TPSA) is 54.0 Å². The molecule has 9 heteroatoms. The summed E-state index contributed by atoms with van der Waals surface area (Å²) in [5.74, 6) is 1.52. The van der Waals surface area contributed by atoms with Gasteiger partial charge >= 0.3 is 0 Å². The quantitative estimate of drug-likeness (QED) is 0.238. The molecule has 1 saturated heterocycles. The zero-order chi connectivity index (χ0) is 26.2. The van der Waals surface area contributed by atoms with Crippen molar-refractivity contribution in [2.45, 2.75) is 20.3 Å². The fraction of sp³-hybridized carbons (Fsp3) is 0.310. The highest BCUT2D eigenvalue weighted by atomic mass is 32.1. The molecule has 0 radical (unpaired) electrons. The number of ether oxygens (including phenoxy) is 2. The second-order valence-electron chi connectivity index (χ2n) is 9.77. The number of methoxy groups -OCH3 is 2. The fourth-order valence-corrected chi connectivity index (χ4v) is 6.94. The maximum Gasteiger partial charge on any atom is 0.188 e. The van der Waals surface area contributed by atoms with Crippen LogP contribution in [0.4, 0.5) is 10.3 Å². The predicted octanol–water partition coefficient (Wildman–Crippen LogP) is 6.28. The number of anilines is 2. The summed E-state index contributed by atoms with van der Waals surface area (Å²) in [7, 11) is 3.35. The number of aromatic nitrogens is 2. The van der Waals surface area contributed by atoms with E-state index < -0.39 is 0 Å². The molecule has 3 heterocycles. The first-order chi connectivity index (χ1) is 18.5. The molecule has 0 bridgehead atoms. The summed E-state index contributed by atoms with van der Waals surface area (Å²) in [6.45, 7) is 7.54. The van der Waals surface area contributed by atoms with E-state index in [4.69, 9.17) is 19.4 Å². The number of hydrogen-bond acceptors (Lipinski definition) is 9. The van der Waals surface area contributed by atoms with Crippen LogP contribution in [0, 0.1) is 13.8 Å². The second kappa shape index (κ2) is 10.4. The second-order valence-corrected chi connectivity index (χ2v) is 11.8. The van der Waals surface area contributed by atoms with Gasteiger partial charge in [-0.3, -0.25) is 4.90 Å². The van der Waals surface area contributed by atoms with Crippen molar-refractivity contribution in [1.82, 2.24) is 14.9 Å². The van der Waals surface area contributed by atoms with Gasteiger partial charge in [-0.2, -0.15) is 0 Å². The summed E-state index contributed by atoms with van der Waals surface area (Å²) in [5.41, 5.74) is 5.85. The lowest BCUT2D eigenvalue weighted by atomic mass is 10.1. The minimum atomic E-state index is 0.753. The van der Waals surface area contributed by atoms with Gasteiger partial charge < -0.3 is 19.3 Å². The van der Waals surface area contributed by atoms with E-state index in [-0.39, 0.29) is 0 Å². The first kappa shape index (κ1) is 24.9. The van der Waals surface area contributed by atoms with Crippen molar-refractivity contribution in [2.75, 3.05) is 50.6 Å². The number of aryl methyl sites for hydroxylation is 2. The van der Waals surface area contributed by atoms with E-state index in [0.29, 0.717) is 0 Å². The third kappa shape index (κ3) is 5.01. The molecule has 0 aliphatic carbocycles. The van der Waals surface area contributed by atoms with Crippen LogP contribution >= 0.6 is 22.7 Å². The van der Waals surface area contributed by atoms with Gasteiger partial charge in [-0.25, -0.2) is 9.97 Å². The van der Waals surface area contributed by atoms with Gasteiger partial charge in [0.25, 0.3) is 0 Å². The van der Waals surface area contributed by atoms with Gasteiger partial charge in [0.1, 0.15) is 0 Å². The summed E-state index contributed by atoms with van der Waals surface area (Å²) in [5, 5.41) is 2.09. The van der Waals surface area contributed by atoms with Crippen molar-refractivity contribution in [2.24, 2.45) is 0 Å². The molecule has 1 aliphatic rings. The molecule has 0 unspecified atom stereocenters. The minimum Gasteiger partial charge on any atom is -0.493 e. The van der Waals surface area contributed by atoms with Gasteiger partial charge in [0.15, 0.2) is 21.8 Å². The zero-order valence-electron chi connectivity index (χ0n) is 22.1. The minimum absolute atomic E-state index is 0.753. The van der Waals surface area contributed by atoms with Crippen molar-refractivity contribution in [3.05, 3.63) is 71.3 Å². The Morgan fingerprint density at radius 3 is 1.84 bits per heavy atom. The zero-order valence-corrected chi connectivity index (χ0v) is 23.7. The smallest absolute Gasteiger partial charge is 0.188 e. The number of fused-ring (bicyclic) bond motifs is 2. The van der Waals surface area contributed by atoms with Crippen LogP contribution in [0.3, 0.4) is 0 Å². The molecule has 1 fully saturated rings. The first-order valence-corrected chi connectivity index (χ1v) is 14.3. The molecular weight excluding hydrogens is 514 g/mol. The largest absolute Gasteiger partial charge is 0.493 e. The van der Waals surface area contributed by atoms with Crippen molar-refractivity contribution >= 4 is 53.4 Å². The summed E-state index contributed by atoms with van der Waals surface area (Å²) in [6.07, 6.45) is 0.903. The molecule has 5 aromatic rings. The normalized spacial score (nSPS) is 14.5. The van der Waals surface area contributed by atoms with E-state index in [1.54, 1.807) is 36.9 Å². The van der Waals surface area contributed by atoms with Crippen molar-refractivity contribution in [1.29, 1.82) is 0 Å². The van der Waals surface area contributed by atoms with Gasteiger partial charge in [0, 0.05) is 6.54 Å². The highest BCUT2D eigenvalue weighted by molar-refractivity contribution is 7.22. The number of hydrogen-bond donors (Lipinski definition) is 0. The van der Waals surface area contributed by atoms with Crippen LogP contribution in [-0.2, 0) is 6.42 Å². The molecule has 1 aliphatic heterocycles.